The SMILES string of the molecule is Cc1ccncc1-c1noc(CCCNC(C)C)n1. The van der Waals surface area contributed by atoms with Gasteiger partial charge in [-0.1, -0.05) is 19.0 Å². The Bertz CT molecular complexity index is 522. The second-order valence-corrected chi connectivity index (χ2v) is 4.91. The van der Waals surface area contributed by atoms with Crippen molar-refractivity contribution in [2.24, 2.45) is 0 Å². The maximum absolute atomic E-state index is 5.26. The van der Waals surface area contributed by atoms with Crippen molar-refractivity contribution >= 4 is 0 Å². The highest BCUT2D eigenvalue weighted by molar-refractivity contribution is 5.57. The molecule has 0 unspecified atom stereocenters. The molecule has 0 saturated carbocycles. The molecule has 0 saturated heterocycles. The summed E-state index contributed by atoms with van der Waals surface area (Å²) in [6.45, 7) is 7.24. The predicted molar refractivity (Wildman–Crippen MR) is 73.7 cm³/mol. The van der Waals surface area contributed by atoms with E-state index in [-0.39, 0.29) is 0 Å². The monoisotopic (exact) mass is 260 g/mol. The van der Waals surface area contributed by atoms with Gasteiger partial charge in [-0.25, -0.2) is 0 Å². The van der Waals surface area contributed by atoms with Crippen molar-refractivity contribution in [2.45, 2.75) is 39.7 Å². The first-order valence-electron chi connectivity index (χ1n) is 6.64. The Hall–Kier alpha value is -1.75. The third kappa shape index (κ3) is 3.86. The van der Waals surface area contributed by atoms with Crippen LogP contribution in [0.15, 0.2) is 23.0 Å². The molecule has 0 aliphatic heterocycles. The summed E-state index contributed by atoms with van der Waals surface area (Å²) in [5, 5.41) is 7.38. The van der Waals surface area contributed by atoms with Gasteiger partial charge < -0.3 is 9.84 Å². The molecule has 2 aromatic rings. The van der Waals surface area contributed by atoms with Crippen LogP contribution in [-0.2, 0) is 6.42 Å². The first-order chi connectivity index (χ1) is 9.16. The molecule has 2 rings (SSSR count). The minimum atomic E-state index is 0.510. The van der Waals surface area contributed by atoms with Crippen molar-refractivity contribution < 1.29 is 4.52 Å². The summed E-state index contributed by atoms with van der Waals surface area (Å²) in [6, 6.07) is 2.45. The molecule has 0 aromatic carbocycles. The molecule has 0 spiro atoms. The van der Waals surface area contributed by atoms with E-state index < -0.39 is 0 Å². The van der Waals surface area contributed by atoms with Crippen molar-refractivity contribution in [3.8, 4) is 11.4 Å². The standard InChI is InChI=1S/C14H20N4O/c1-10(2)16-7-4-5-13-17-14(18-19-13)12-9-15-8-6-11(12)3/h6,8-10,16H,4-5,7H2,1-3H3. The maximum atomic E-state index is 5.26. The summed E-state index contributed by atoms with van der Waals surface area (Å²) in [5.74, 6) is 1.31. The Kier molecular flexibility index (Phi) is 4.63. The van der Waals surface area contributed by atoms with E-state index in [9.17, 15) is 0 Å². The van der Waals surface area contributed by atoms with E-state index in [1.165, 1.54) is 0 Å². The largest absolute Gasteiger partial charge is 0.339 e. The Morgan fingerprint density at radius 1 is 1.37 bits per heavy atom. The molecule has 0 radical (unpaired) electrons. The van der Waals surface area contributed by atoms with Gasteiger partial charge in [0.05, 0.1) is 0 Å². The smallest absolute Gasteiger partial charge is 0.227 e. The second-order valence-electron chi connectivity index (χ2n) is 4.91. The Morgan fingerprint density at radius 2 is 2.21 bits per heavy atom. The van der Waals surface area contributed by atoms with Gasteiger partial charge in [0.15, 0.2) is 0 Å². The van der Waals surface area contributed by atoms with Gasteiger partial charge in [-0.05, 0) is 31.5 Å². The number of hydrogen-bond donors (Lipinski definition) is 1. The van der Waals surface area contributed by atoms with Crippen LogP contribution < -0.4 is 5.32 Å². The summed E-state index contributed by atoms with van der Waals surface area (Å²) >= 11 is 0. The van der Waals surface area contributed by atoms with Gasteiger partial charge in [0.1, 0.15) is 0 Å². The highest BCUT2D eigenvalue weighted by Crippen LogP contribution is 2.18. The maximum Gasteiger partial charge on any atom is 0.227 e. The molecule has 19 heavy (non-hydrogen) atoms. The molecule has 5 heteroatoms. The average Bonchev–Trinajstić information content (AvgIpc) is 2.83. The molecule has 2 aromatic heterocycles. The first kappa shape index (κ1) is 13.7. The molecular weight excluding hydrogens is 240 g/mol. The van der Waals surface area contributed by atoms with Crippen molar-refractivity contribution in [2.75, 3.05) is 6.54 Å². The molecular formula is C14H20N4O. The lowest BCUT2D eigenvalue weighted by Crippen LogP contribution is -2.23. The molecule has 0 amide bonds. The van der Waals surface area contributed by atoms with Crippen molar-refractivity contribution in [1.82, 2.24) is 20.4 Å². The fraction of sp³-hybridized carbons (Fsp3) is 0.500. The number of aryl methyl sites for hydroxylation is 2. The Labute approximate surface area is 113 Å². The van der Waals surface area contributed by atoms with Crippen LogP contribution in [0.4, 0.5) is 0 Å². The highest BCUT2D eigenvalue weighted by Gasteiger charge is 2.10. The topological polar surface area (TPSA) is 63.8 Å². The van der Waals surface area contributed by atoms with E-state index in [0.717, 1.165) is 30.5 Å². The highest BCUT2D eigenvalue weighted by atomic mass is 16.5. The molecule has 0 aliphatic rings. The molecule has 5 nitrogen and oxygen atoms in total. The average molecular weight is 260 g/mol. The minimum absolute atomic E-state index is 0.510. The minimum Gasteiger partial charge on any atom is -0.339 e. The Balaban J connectivity index is 1.94. The van der Waals surface area contributed by atoms with Crippen LogP contribution in [-0.4, -0.2) is 27.7 Å². The van der Waals surface area contributed by atoms with Gasteiger partial charge in [-0.2, -0.15) is 4.98 Å². The predicted octanol–water partition coefficient (Wildman–Crippen LogP) is 2.37. The fourth-order valence-electron chi connectivity index (χ4n) is 1.79. The Morgan fingerprint density at radius 3 is 2.95 bits per heavy atom. The first-order valence-corrected chi connectivity index (χ1v) is 6.64. The van der Waals surface area contributed by atoms with Crippen LogP contribution in [0.1, 0.15) is 31.7 Å². The normalized spacial score (nSPS) is 11.2. The van der Waals surface area contributed by atoms with E-state index in [2.05, 4.69) is 34.3 Å². The molecule has 1 N–H and O–H groups in total. The van der Waals surface area contributed by atoms with Crippen LogP contribution in [0.5, 0.6) is 0 Å². The van der Waals surface area contributed by atoms with Crippen LogP contribution in [0.2, 0.25) is 0 Å². The third-order valence-electron chi connectivity index (χ3n) is 2.87. The van der Waals surface area contributed by atoms with Crippen LogP contribution in [0.3, 0.4) is 0 Å². The lowest BCUT2D eigenvalue weighted by molar-refractivity contribution is 0.374. The number of hydrogen-bond acceptors (Lipinski definition) is 5. The summed E-state index contributed by atoms with van der Waals surface area (Å²) in [6.07, 6.45) is 5.32. The van der Waals surface area contributed by atoms with Gasteiger partial charge in [-0.15, -0.1) is 0 Å². The number of pyridine rings is 1. The van der Waals surface area contributed by atoms with Gasteiger partial charge in [0.25, 0.3) is 0 Å². The number of aromatic nitrogens is 3. The van der Waals surface area contributed by atoms with Gasteiger partial charge in [0, 0.05) is 30.4 Å². The van der Waals surface area contributed by atoms with E-state index >= 15 is 0 Å². The zero-order valence-corrected chi connectivity index (χ0v) is 11.7. The molecule has 0 fully saturated rings. The van der Waals surface area contributed by atoms with E-state index in [1.54, 1.807) is 12.4 Å². The number of rotatable bonds is 6. The van der Waals surface area contributed by atoms with Crippen LogP contribution in [0.25, 0.3) is 11.4 Å². The number of nitrogens with one attached hydrogen (secondary N) is 1. The van der Waals surface area contributed by atoms with Crippen molar-refractivity contribution in [1.29, 1.82) is 0 Å². The zero-order valence-electron chi connectivity index (χ0n) is 11.7. The lowest BCUT2D eigenvalue weighted by Gasteiger charge is -2.05. The van der Waals surface area contributed by atoms with Crippen LogP contribution in [0, 0.1) is 6.92 Å². The summed E-state index contributed by atoms with van der Waals surface area (Å²) in [7, 11) is 0. The van der Waals surface area contributed by atoms with Gasteiger partial charge >= 0.3 is 0 Å². The lowest BCUT2D eigenvalue weighted by atomic mass is 10.1. The van der Waals surface area contributed by atoms with E-state index in [0.29, 0.717) is 17.8 Å². The zero-order chi connectivity index (χ0) is 13.7. The number of nitrogens with zero attached hydrogens (tertiary/aromatic N) is 3. The fourth-order valence-corrected chi connectivity index (χ4v) is 1.79. The summed E-state index contributed by atoms with van der Waals surface area (Å²) in [5.41, 5.74) is 2.03. The quantitative estimate of drug-likeness (QED) is 0.808. The second kappa shape index (κ2) is 6.43. The van der Waals surface area contributed by atoms with Gasteiger partial charge in [-0.3, -0.25) is 4.98 Å². The third-order valence-corrected chi connectivity index (χ3v) is 2.87. The van der Waals surface area contributed by atoms with E-state index in [4.69, 9.17) is 4.52 Å². The molecule has 0 aliphatic carbocycles. The van der Waals surface area contributed by atoms with Crippen molar-refractivity contribution in [3.63, 3.8) is 0 Å². The summed E-state index contributed by atoms with van der Waals surface area (Å²) in [4.78, 5) is 8.51. The molecule has 0 atom stereocenters. The summed E-state index contributed by atoms with van der Waals surface area (Å²) < 4.78 is 5.26. The van der Waals surface area contributed by atoms with Crippen LogP contribution >= 0.6 is 0 Å². The van der Waals surface area contributed by atoms with E-state index in [1.807, 2.05) is 13.0 Å². The molecule has 2 heterocycles. The van der Waals surface area contributed by atoms with Gasteiger partial charge in [0.2, 0.25) is 11.7 Å². The molecule has 102 valence electrons. The molecule has 0 bridgehead atoms. The van der Waals surface area contributed by atoms with Crippen molar-refractivity contribution in [3.05, 3.63) is 29.9 Å².